The van der Waals surface area contributed by atoms with E-state index in [2.05, 4.69) is 75.8 Å². The van der Waals surface area contributed by atoms with E-state index in [0.717, 1.165) is 38.0 Å². The Hall–Kier alpha value is -4.95. The van der Waals surface area contributed by atoms with Gasteiger partial charge in [0.05, 0.1) is 0 Å². The normalized spacial score (nSPS) is 14.8. The number of carboxylic acid groups (broad SMARTS) is 1. The van der Waals surface area contributed by atoms with E-state index in [9.17, 15) is 14.4 Å². The van der Waals surface area contributed by atoms with Crippen LogP contribution >= 0.6 is 0 Å². The fourth-order valence-corrected chi connectivity index (χ4v) is 6.46. The Morgan fingerprint density at radius 1 is 0.771 bits per heavy atom. The van der Waals surface area contributed by atoms with Gasteiger partial charge in [0.1, 0.15) is 5.75 Å². The number of benzene rings is 4. The van der Waals surface area contributed by atoms with E-state index in [1.807, 2.05) is 30.3 Å². The van der Waals surface area contributed by atoms with Crippen molar-refractivity contribution in [3.63, 3.8) is 0 Å². The molecule has 0 saturated carbocycles. The summed E-state index contributed by atoms with van der Waals surface area (Å²) < 4.78 is 5.32. The maximum absolute atomic E-state index is 13.9. The van der Waals surface area contributed by atoms with Crippen LogP contribution in [0.4, 0.5) is 0 Å². The smallest absolute Gasteiger partial charge is 0.341 e. The van der Waals surface area contributed by atoms with Gasteiger partial charge < -0.3 is 20.1 Å². The molecule has 1 atom stereocenters. The summed E-state index contributed by atoms with van der Waals surface area (Å²) in [6.45, 7) is 4.84. The number of hydrogen-bond acceptors (Lipinski definition) is 5. The fourth-order valence-electron chi connectivity index (χ4n) is 6.46. The number of aryl methyl sites for hydroxylation is 1. The molecule has 0 aliphatic carbocycles. The van der Waals surface area contributed by atoms with Gasteiger partial charge in [-0.25, -0.2) is 4.79 Å². The fraction of sp³-hybridized carbons (Fsp3) is 0.325. The molecule has 4 aromatic carbocycles. The second-order valence-electron chi connectivity index (χ2n) is 12.4. The van der Waals surface area contributed by atoms with Crippen molar-refractivity contribution in [3.05, 3.63) is 137 Å². The standard InChI is InChI=1S/C40H45N3O5/c1-30(44)41-22-21-34-12-6-8-14-36(34)26-35-13-7-5-11-33(35)17-20-39(45)43-24-23-42(27-32-9-3-2-4-10-32)28-37(43)25-31-15-18-38(19-16-31)48-29-40(46)47/h2-16,18-19,37H,17,20-29H2,1H3,(H,41,44)(H,46,47). The minimum atomic E-state index is -1.01. The lowest BCUT2D eigenvalue weighted by Gasteiger charge is -2.42. The largest absolute Gasteiger partial charge is 0.482 e. The Kier molecular flexibility index (Phi) is 12.4. The molecule has 1 unspecified atom stereocenters. The highest BCUT2D eigenvalue weighted by atomic mass is 16.5. The second-order valence-corrected chi connectivity index (χ2v) is 12.4. The molecule has 0 bridgehead atoms. The van der Waals surface area contributed by atoms with Crippen LogP contribution in [-0.4, -0.2) is 71.5 Å². The molecule has 250 valence electrons. The van der Waals surface area contributed by atoms with Crippen LogP contribution in [0, 0.1) is 0 Å². The van der Waals surface area contributed by atoms with Gasteiger partial charge in [0, 0.05) is 52.1 Å². The lowest BCUT2D eigenvalue weighted by molar-refractivity contribution is -0.139. The Bertz CT molecular complexity index is 1660. The summed E-state index contributed by atoms with van der Waals surface area (Å²) in [7, 11) is 0. The molecule has 1 fully saturated rings. The molecular formula is C40H45N3O5. The van der Waals surface area contributed by atoms with Crippen molar-refractivity contribution in [3.8, 4) is 5.75 Å². The molecule has 0 spiro atoms. The minimum absolute atomic E-state index is 0.00600. The number of carbonyl (C=O) groups excluding carboxylic acids is 2. The molecule has 1 aliphatic rings. The van der Waals surface area contributed by atoms with Gasteiger partial charge in [-0.3, -0.25) is 14.5 Å². The minimum Gasteiger partial charge on any atom is -0.482 e. The van der Waals surface area contributed by atoms with Gasteiger partial charge in [0.2, 0.25) is 11.8 Å². The molecule has 8 nitrogen and oxygen atoms in total. The number of aliphatic carboxylic acids is 1. The van der Waals surface area contributed by atoms with Gasteiger partial charge >= 0.3 is 5.97 Å². The second kappa shape index (κ2) is 17.3. The van der Waals surface area contributed by atoms with Crippen molar-refractivity contribution in [1.82, 2.24) is 15.1 Å². The predicted octanol–water partition coefficient (Wildman–Crippen LogP) is 5.31. The van der Waals surface area contributed by atoms with Gasteiger partial charge in [0.25, 0.3) is 0 Å². The molecule has 2 amide bonds. The molecule has 2 N–H and O–H groups in total. The van der Waals surface area contributed by atoms with Crippen LogP contribution in [0.3, 0.4) is 0 Å². The molecule has 5 rings (SSSR count). The van der Waals surface area contributed by atoms with Crippen LogP contribution in [0.15, 0.2) is 103 Å². The third-order valence-electron chi connectivity index (χ3n) is 8.89. The number of piperazine rings is 1. The summed E-state index contributed by atoms with van der Waals surface area (Å²) in [5.41, 5.74) is 7.17. The number of carboxylic acids is 1. The zero-order chi connectivity index (χ0) is 33.7. The Morgan fingerprint density at radius 3 is 2.04 bits per heavy atom. The quantitative estimate of drug-likeness (QED) is 0.182. The molecule has 1 heterocycles. The zero-order valence-corrected chi connectivity index (χ0v) is 27.6. The third-order valence-corrected chi connectivity index (χ3v) is 8.89. The van der Waals surface area contributed by atoms with E-state index < -0.39 is 5.97 Å². The molecular weight excluding hydrogens is 602 g/mol. The first-order valence-corrected chi connectivity index (χ1v) is 16.7. The van der Waals surface area contributed by atoms with E-state index in [0.29, 0.717) is 38.1 Å². The van der Waals surface area contributed by atoms with Crippen LogP contribution in [0.2, 0.25) is 0 Å². The van der Waals surface area contributed by atoms with Crippen molar-refractivity contribution in [2.24, 2.45) is 0 Å². The van der Waals surface area contributed by atoms with Gasteiger partial charge in [-0.2, -0.15) is 0 Å². The summed E-state index contributed by atoms with van der Waals surface area (Å²) in [6, 6.07) is 34.7. The molecule has 4 aromatic rings. The highest BCUT2D eigenvalue weighted by molar-refractivity contribution is 5.77. The summed E-state index contributed by atoms with van der Waals surface area (Å²) in [5, 5.41) is 11.8. The first-order valence-electron chi connectivity index (χ1n) is 16.7. The molecule has 1 saturated heterocycles. The SMILES string of the molecule is CC(=O)NCCc1ccccc1Cc1ccccc1CCC(=O)N1CCN(Cc2ccccc2)CC1Cc1ccc(OCC(=O)O)cc1. The summed E-state index contributed by atoms with van der Waals surface area (Å²) in [5.74, 6) is -0.369. The molecule has 8 heteroatoms. The van der Waals surface area contributed by atoms with Crippen LogP contribution in [0.1, 0.15) is 46.7 Å². The number of amides is 2. The third kappa shape index (κ3) is 10.3. The molecule has 0 aromatic heterocycles. The van der Waals surface area contributed by atoms with Crippen LogP contribution in [0.25, 0.3) is 0 Å². The highest BCUT2D eigenvalue weighted by Crippen LogP contribution is 2.23. The van der Waals surface area contributed by atoms with Crippen molar-refractivity contribution in [1.29, 1.82) is 0 Å². The number of carbonyl (C=O) groups is 3. The van der Waals surface area contributed by atoms with Gasteiger partial charge in [-0.15, -0.1) is 0 Å². The van der Waals surface area contributed by atoms with Crippen molar-refractivity contribution in [2.45, 2.75) is 51.6 Å². The van der Waals surface area contributed by atoms with Crippen LogP contribution in [-0.2, 0) is 46.6 Å². The van der Waals surface area contributed by atoms with Crippen molar-refractivity contribution in [2.75, 3.05) is 32.8 Å². The summed E-state index contributed by atoms with van der Waals surface area (Å²) in [4.78, 5) is 40.7. The zero-order valence-electron chi connectivity index (χ0n) is 27.6. The van der Waals surface area contributed by atoms with E-state index in [-0.39, 0.29) is 24.5 Å². The average molecular weight is 648 g/mol. The first kappa shape index (κ1) is 34.4. The summed E-state index contributed by atoms with van der Waals surface area (Å²) in [6.07, 6.45) is 3.33. The average Bonchev–Trinajstić information content (AvgIpc) is 3.08. The monoisotopic (exact) mass is 647 g/mol. The Labute approximate surface area is 283 Å². The lowest BCUT2D eigenvalue weighted by Crippen LogP contribution is -2.55. The van der Waals surface area contributed by atoms with Gasteiger partial charge in [-0.05, 0) is 71.2 Å². The van der Waals surface area contributed by atoms with Gasteiger partial charge in [-0.1, -0.05) is 91.0 Å². The number of hydrogen-bond donors (Lipinski definition) is 2. The Balaban J connectivity index is 1.26. The maximum atomic E-state index is 13.9. The number of nitrogens with zero attached hydrogens (tertiary/aromatic N) is 2. The number of nitrogens with one attached hydrogen (secondary N) is 1. The van der Waals surface area contributed by atoms with Crippen LogP contribution < -0.4 is 10.1 Å². The van der Waals surface area contributed by atoms with Gasteiger partial charge in [0.15, 0.2) is 6.61 Å². The molecule has 0 radical (unpaired) electrons. The lowest BCUT2D eigenvalue weighted by atomic mass is 9.93. The maximum Gasteiger partial charge on any atom is 0.341 e. The summed E-state index contributed by atoms with van der Waals surface area (Å²) >= 11 is 0. The Morgan fingerprint density at radius 2 is 1.40 bits per heavy atom. The molecule has 1 aliphatic heterocycles. The first-order chi connectivity index (χ1) is 23.3. The van der Waals surface area contributed by atoms with E-state index in [1.54, 1.807) is 12.1 Å². The topological polar surface area (TPSA) is 99.2 Å². The van der Waals surface area contributed by atoms with E-state index >= 15 is 0 Å². The van der Waals surface area contributed by atoms with Crippen molar-refractivity contribution >= 4 is 17.8 Å². The molecule has 48 heavy (non-hydrogen) atoms. The predicted molar refractivity (Wildman–Crippen MR) is 187 cm³/mol. The van der Waals surface area contributed by atoms with E-state index in [4.69, 9.17) is 9.84 Å². The number of rotatable bonds is 15. The van der Waals surface area contributed by atoms with E-state index in [1.165, 1.54) is 34.7 Å². The van der Waals surface area contributed by atoms with Crippen molar-refractivity contribution < 1.29 is 24.2 Å². The highest BCUT2D eigenvalue weighted by Gasteiger charge is 2.30. The number of ether oxygens (including phenoxy) is 1. The van der Waals surface area contributed by atoms with Crippen LogP contribution in [0.5, 0.6) is 5.75 Å².